The molecule has 4 rings (SSSR count). The number of amides is 2. The van der Waals surface area contributed by atoms with Crippen molar-refractivity contribution in [2.75, 3.05) is 44.6 Å². The van der Waals surface area contributed by atoms with Gasteiger partial charge in [0, 0.05) is 13.0 Å². The molecule has 10 nitrogen and oxygen atoms in total. The number of ether oxygens (including phenoxy) is 3. The lowest BCUT2D eigenvalue weighted by molar-refractivity contribution is -0.179. The molecule has 3 aromatic rings. The minimum atomic E-state index is -0.631. The molecule has 0 saturated carbocycles. The van der Waals surface area contributed by atoms with Crippen molar-refractivity contribution < 1.29 is 37.8 Å². The summed E-state index contributed by atoms with van der Waals surface area (Å²) in [6.07, 6.45) is 1.89. The van der Waals surface area contributed by atoms with Gasteiger partial charge in [-0.15, -0.1) is 0 Å². The van der Waals surface area contributed by atoms with Crippen molar-refractivity contribution in [3.8, 4) is 11.5 Å². The fourth-order valence-electron chi connectivity index (χ4n) is 4.36. The monoisotopic (exact) mass is 565 g/mol. The van der Waals surface area contributed by atoms with E-state index in [1.54, 1.807) is 53.6 Å². The normalized spacial score (nSPS) is 14.8. The number of halogens is 1. The van der Waals surface area contributed by atoms with Crippen LogP contribution in [0.25, 0.3) is 0 Å². The Morgan fingerprint density at radius 2 is 1.73 bits per heavy atom. The van der Waals surface area contributed by atoms with Crippen LogP contribution in [0.2, 0.25) is 0 Å². The van der Waals surface area contributed by atoms with Crippen LogP contribution in [-0.4, -0.2) is 62.9 Å². The summed E-state index contributed by atoms with van der Waals surface area (Å²) >= 11 is 0. The molecule has 0 aliphatic carbocycles. The van der Waals surface area contributed by atoms with Crippen molar-refractivity contribution in [3.63, 3.8) is 0 Å². The Bertz CT molecular complexity index is 1370. The first-order chi connectivity index (χ1) is 19.9. The Balaban J connectivity index is 1.25. The summed E-state index contributed by atoms with van der Waals surface area (Å²) in [7, 11) is 2.78. The fraction of sp³-hybridized carbons (Fsp3) is 0.300. The summed E-state index contributed by atoms with van der Waals surface area (Å²) in [6, 6.07) is 16.9. The lowest BCUT2D eigenvalue weighted by Crippen LogP contribution is -2.36. The summed E-state index contributed by atoms with van der Waals surface area (Å²) in [6.45, 7) is 0.964. The molecule has 41 heavy (non-hydrogen) atoms. The van der Waals surface area contributed by atoms with E-state index >= 15 is 0 Å². The molecular weight excluding hydrogens is 533 g/mol. The van der Waals surface area contributed by atoms with E-state index in [4.69, 9.17) is 19.0 Å². The van der Waals surface area contributed by atoms with Crippen LogP contribution < -0.4 is 20.1 Å². The number of rotatable bonds is 12. The van der Waals surface area contributed by atoms with E-state index in [0.29, 0.717) is 41.5 Å². The molecule has 1 atom stereocenters. The van der Waals surface area contributed by atoms with Gasteiger partial charge in [-0.25, -0.2) is 14.0 Å². The molecule has 2 N–H and O–H groups in total. The highest BCUT2D eigenvalue weighted by atomic mass is 19.1. The Morgan fingerprint density at radius 3 is 2.46 bits per heavy atom. The molecule has 0 spiro atoms. The summed E-state index contributed by atoms with van der Waals surface area (Å²) in [5, 5.41) is 6.86. The SMILES string of the molecule is COC(=O)c1ccc(OC[C@@H]2CCCN2OCC(=O)Cc2ccc(NC(=O)Nc3ccccc3F)c(OC)c2)cc1. The first kappa shape index (κ1) is 29.5. The van der Waals surface area contributed by atoms with Gasteiger partial charge in [0.15, 0.2) is 5.78 Å². The summed E-state index contributed by atoms with van der Waals surface area (Å²) in [4.78, 5) is 42.4. The summed E-state index contributed by atoms with van der Waals surface area (Å²) < 4.78 is 29.8. The minimum Gasteiger partial charge on any atom is -0.495 e. The predicted molar refractivity (Wildman–Crippen MR) is 150 cm³/mol. The van der Waals surface area contributed by atoms with Gasteiger partial charge >= 0.3 is 12.0 Å². The molecule has 1 heterocycles. The maximum atomic E-state index is 13.8. The van der Waals surface area contributed by atoms with Gasteiger partial charge in [-0.3, -0.25) is 9.63 Å². The molecule has 1 saturated heterocycles. The van der Waals surface area contributed by atoms with Crippen LogP contribution in [0, 0.1) is 5.82 Å². The maximum Gasteiger partial charge on any atom is 0.337 e. The number of benzene rings is 3. The molecule has 0 bridgehead atoms. The quantitative estimate of drug-likeness (QED) is 0.300. The number of esters is 1. The number of Topliss-reactive ketones (excluding diaryl/α,β-unsaturated/α-hetero) is 1. The Hall–Kier alpha value is -4.48. The van der Waals surface area contributed by atoms with E-state index in [1.807, 2.05) is 0 Å². The van der Waals surface area contributed by atoms with Crippen molar-refractivity contribution in [1.29, 1.82) is 0 Å². The maximum absolute atomic E-state index is 13.8. The van der Waals surface area contributed by atoms with Gasteiger partial charge < -0.3 is 24.8 Å². The number of hydroxylamine groups is 2. The van der Waals surface area contributed by atoms with Crippen LogP contribution in [-0.2, 0) is 20.8 Å². The van der Waals surface area contributed by atoms with Gasteiger partial charge in [0.2, 0.25) is 0 Å². The van der Waals surface area contributed by atoms with Gasteiger partial charge in [0.25, 0.3) is 0 Å². The van der Waals surface area contributed by atoms with Crippen LogP contribution in [0.1, 0.15) is 28.8 Å². The lowest BCUT2D eigenvalue weighted by Gasteiger charge is -2.23. The zero-order chi connectivity index (χ0) is 29.2. The van der Waals surface area contributed by atoms with E-state index in [-0.39, 0.29) is 30.5 Å². The van der Waals surface area contributed by atoms with E-state index in [1.165, 1.54) is 32.4 Å². The number of methoxy groups -OCH3 is 2. The second kappa shape index (κ2) is 14.2. The standard InChI is InChI=1S/C30H32FN3O7/c1-38-28-17-20(9-14-27(28)33-30(37)32-26-8-4-3-7-25(26)31)16-23(35)19-41-34-15-5-6-22(34)18-40-24-12-10-21(11-13-24)29(36)39-2/h3-4,7-14,17,22H,5-6,15-16,18-19H2,1-2H3,(H2,32,33,37)/t22-/m0/s1. The number of nitrogens with zero attached hydrogens (tertiary/aromatic N) is 1. The van der Waals surface area contributed by atoms with Gasteiger partial charge in [-0.1, -0.05) is 18.2 Å². The third-order valence-corrected chi connectivity index (χ3v) is 6.47. The van der Waals surface area contributed by atoms with Gasteiger partial charge in [0.05, 0.1) is 37.2 Å². The number of nitrogens with one attached hydrogen (secondary N) is 2. The highest BCUT2D eigenvalue weighted by Crippen LogP contribution is 2.27. The number of ketones is 1. The van der Waals surface area contributed by atoms with Crippen molar-refractivity contribution >= 4 is 29.2 Å². The third-order valence-electron chi connectivity index (χ3n) is 6.47. The van der Waals surface area contributed by atoms with Crippen molar-refractivity contribution in [3.05, 3.63) is 83.7 Å². The fourth-order valence-corrected chi connectivity index (χ4v) is 4.36. The number of hydrogen-bond donors (Lipinski definition) is 2. The molecule has 2 amide bonds. The van der Waals surface area contributed by atoms with Crippen molar-refractivity contribution in [1.82, 2.24) is 5.06 Å². The van der Waals surface area contributed by atoms with Crippen molar-refractivity contribution in [2.24, 2.45) is 0 Å². The molecule has 1 aliphatic heterocycles. The number of carbonyl (C=O) groups excluding carboxylic acids is 3. The summed E-state index contributed by atoms with van der Waals surface area (Å²) in [5.74, 6) is -0.111. The molecule has 1 aliphatic rings. The van der Waals surface area contributed by atoms with E-state index in [9.17, 15) is 18.8 Å². The van der Waals surface area contributed by atoms with E-state index in [2.05, 4.69) is 10.6 Å². The zero-order valence-electron chi connectivity index (χ0n) is 22.9. The number of carbonyl (C=O) groups is 3. The third kappa shape index (κ3) is 8.26. The molecule has 11 heteroatoms. The predicted octanol–water partition coefficient (Wildman–Crippen LogP) is 4.85. The number of urea groups is 1. The average Bonchev–Trinajstić information content (AvgIpc) is 3.44. The Morgan fingerprint density at radius 1 is 0.976 bits per heavy atom. The first-order valence-electron chi connectivity index (χ1n) is 13.1. The van der Waals surface area contributed by atoms with Crippen LogP contribution in [0.3, 0.4) is 0 Å². The smallest absolute Gasteiger partial charge is 0.337 e. The second-order valence-corrected chi connectivity index (χ2v) is 9.35. The van der Waals surface area contributed by atoms with Crippen LogP contribution in [0.4, 0.5) is 20.6 Å². The molecular formula is C30H32FN3O7. The molecule has 0 unspecified atom stereocenters. The average molecular weight is 566 g/mol. The number of hydrogen-bond acceptors (Lipinski definition) is 8. The molecule has 3 aromatic carbocycles. The first-order valence-corrected chi connectivity index (χ1v) is 13.1. The highest BCUT2D eigenvalue weighted by molar-refractivity contribution is 6.00. The van der Waals surface area contributed by atoms with Crippen molar-refractivity contribution in [2.45, 2.75) is 25.3 Å². The molecule has 216 valence electrons. The van der Waals surface area contributed by atoms with Crippen LogP contribution in [0.5, 0.6) is 11.5 Å². The van der Waals surface area contributed by atoms with Gasteiger partial charge in [-0.05, 0) is 66.9 Å². The molecule has 1 fully saturated rings. The van der Waals surface area contributed by atoms with Crippen LogP contribution >= 0.6 is 0 Å². The van der Waals surface area contributed by atoms with E-state index in [0.717, 1.165) is 12.8 Å². The summed E-state index contributed by atoms with van der Waals surface area (Å²) in [5.41, 5.74) is 1.55. The Kier molecular flexibility index (Phi) is 10.2. The number of para-hydroxylation sites is 1. The molecule has 0 radical (unpaired) electrons. The largest absolute Gasteiger partial charge is 0.495 e. The van der Waals surface area contributed by atoms with Crippen LogP contribution in [0.15, 0.2) is 66.7 Å². The van der Waals surface area contributed by atoms with Gasteiger partial charge in [0.1, 0.15) is 30.5 Å². The molecule has 0 aromatic heterocycles. The Labute approximate surface area is 237 Å². The second-order valence-electron chi connectivity index (χ2n) is 9.35. The topological polar surface area (TPSA) is 115 Å². The highest BCUT2D eigenvalue weighted by Gasteiger charge is 2.27. The van der Waals surface area contributed by atoms with Gasteiger partial charge in [-0.2, -0.15) is 5.06 Å². The number of anilines is 2. The van der Waals surface area contributed by atoms with E-state index < -0.39 is 17.8 Å². The lowest BCUT2D eigenvalue weighted by atomic mass is 10.1. The zero-order valence-corrected chi connectivity index (χ0v) is 22.9. The minimum absolute atomic E-state index is 0.0101.